The third kappa shape index (κ3) is 1.08. The molecule has 0 aliphatic heterocycles. The number of aryl methyl sites for hydroxylation is 1. The Morgan fingerprint density at radius 3 is 3.08 bits per heavy atom. The predicted octanol–water partition coefficient (Wildman–Crippen LogP) is 3.04. The molecule has 0 spiro atoms. The van der Waals surface area contributed by atoms with Gasteiger partial charge < -0.3 is 4.52 Å². The summed E-state index contributed by atoms with van der Waals surface area (Å²) in [4.78, 5) is 0. The second-order valence-corrected chi connectivity index (χ2v) is 3.06. The summed E-state index contributed by atoms with van der Waals surface area (Å²) < 4.78 is 5.09. The van der Waals surface area contributed by atoms with Gasteiger partial charge in [0, 0.05) is 16.5 Å². The summed E-state index contributed by atoms with van der Waals surface area (Å²) in [7, 11) is 0. The van der Waals surface area contributed by atoms with Crippen LogP contribution in [0.4, 0.5) is 0 Å². The van der Waals surface area contributed by atoms with E-state index in [4.69, 9.17) is 16.1 Å². The van der Waals surface area contributed by atoms with Crippen molar-refractivity contribution in [2.45, 2.75) is 13.3 Å². The molecule has 1 aromatic carbocycles. The van der Waals surface area contributed by atoms with Crippen LogP contribution < -0.4 is 0 Å². The predicted molar refractivity (Wildman–Crippen MR) is 48.4 cm³/mol. The van der Waals surface area contributed by atoms with E-state index >= 15 is 0 Å². The molecule has 62 valence electrons. The lowest BCUT2D eigenvalue weighted by atomic mass is 10.2. The molecule has 0 atom stereocenters. The number of benzene rings is 1. The van der Waals surface area contributed by atoms with Gasteiger partial charge in [0.15, 0.2) is 5.58 Å². The van der Waals surface area contributed by atoms with E-state index in [1.54, 1.807) is 6.07 Å². The van der Waals surface area contributed by atoms with Gasteiger partial charge in [0.2, 0.25) is 0 Å². The van der Waals surface area contributed by atoms with Crippen LogP contribution >= 0.6 is 11.6 Å². The van der Waals surface area contributed by atoms with Crippen molar-refractivity contribution in [3.05, 3.63) is 28.9 Å². The third-order valence-corrected chi connectivity index (χ3v) is 2.08. The molecule has 3 heteroatoms. The van der Waals surface area contributed by atoms with Crippen LogP contribution in [0.1, 0.15) is 12.6 Å². The molecule has 0 saturated heterocycles. The highest BCUT2D eigenvalue weighted by atomic mass is 35.5. The van der Waals surface area contributed by atoms with Crippen molar-refractivity contribution in [3.63, 3.8) is 0 Å². The van der Waals surface area contributed by atoms with Gasteiger partial charge in [0.1, 0.15) is 0 Å². The Labute approximate surface area is 75.1 Å². The number of nitrogens with zero attached hydrogens (tertiary/aromatic N) is 1. The van der Waals surface area contributed by atoms with Gasteiger partial charge in [-0.15, -0.1) is 0 Å². The van der Waals surface area contributed by atoms with E-state index < -0.39 is 0 Å². The van der Waals surface area contributed by atoms with Crippen molar-refractivity contribution >= 4 is 22.6 Å². The summed E-state index contributed by atoms with van der Waals surface area (Å²) >= 11 is 5.78. The number of fused-ring (bicyclic) bond motifs is 1. The van der Waals surface area contributed by atoms with E-state index in [-0.39, 0.29) is 0 Å². The fourth-order valence-electron chi connectivity index (χ4n) is 1.22. The molecular formula is C9H8ClNO. The fourth-order valence-corrected chi connectivity index (χ4v) is 1.38. The van der Waals surface area contributed by atoms with Gasteiger partial charge in [-0.1, -0.05) is 23.7 Å². The van der Waals surface area contributed by atoms with Crippen LogP contribution in [0.3, 0.4) is 0 Å². The Balaban J connectivity index is 2.73. The van der Waals surface area contributed by atoms with Crippen LogP contribution in [0.2, 0.25) is 5.02 Å². The first-order valence-electron chi connectivity index (χ1n) is 3.85. The minimum Gasteiger partial charge on any atom is -0.356 e. The van der Waals surface area contributed by atoms with Gasteiger partial charge in [-0.2, -0.15) is 0 Å². The van der Waals surface area contributed by atoms with E-state index in [0.29, 0.717) is 5.02 Å². The molecule has 0 radical (unpaired) electrons. The maximum absolute atomic E-state index is 5.78. The molecule has 0 amide bonds. The number of rotatable bonds is 1. The standard InChI is InChI=1S/C9H8ClNO/c1-2-8-7-4-3-6(10)5-9(7)12-11-8/h3-5H,2H2,1H3. The van der Waals surface area contributed by atoms with Gasteiger partial charge in [-0.25, -0.2) is 0 Å². The maximum atomic E-state index is 5.78. The van der Waals surface area contributed by atoms with Crippen molar-refractivity contribution in [1.29, 1.82) is 0 Å². The summed E-state index contributed by atoms with van der Waals surface area (Å²) in [6.07, 6.45) is 0.884. The average molecular weight is 182 g/mol. The second kappa shape index (κ2) is 2.79. The molecule has 0 unspecified atom stereocenters. The smallest absolute Gasteiger partial charge is 0.168 e. The minimum atomic E-state index is 0.682. The van der Waals surface area contributed by atoms with Gasteiger partial charge in [-0.05, 0) is 18.6 Å². The monoisotopic (exact) mass is 181 g/mol. The highest BCUT2D eigenvalue weighted by Crippen LogP contribution is 2.22. The normalized spacial score (nSPS) is 10.8. The molecule has 0 aliphatic carbocycles. The summed E-state index contributed by atoms with van der Waals surface area (Å²) in [5.74, 6) is 0. The second-order valence-electron chi connectivity index (χ2n) is 2.62. The van der Waals surface area contributed by atoms with Crippen LogP contribution in [-0.4, -0.2) is 5.16 Å². The zero-order chi connectivity index (χ0) is 8.55. The molecule has 2 aromatic rings. The Bertz CT molecular complexity index is 408. The number of aromatic nitrogens is 1. The summed E-state index contributed by atoms with van der Waals surface area (Å²) in [6.45, 7) is 2.05. The van der Waals surface area contributed by atoms with Crippen LogP contribution in [-0.2, 0) is 6.42 Å². The topological polar surface area (TPSA) is 26.0 Å². The molecular weight excluding hydrogens is 174 g/mol. The van der Waals surface area contributed by atoms with Crippen molar-refractivity contribution in [2.75, 3.05) is 0 Å². The quantitative estimate of drug-likeness (QED) is 0.676. The van der Waals surface area contributed by atoms with E-state index in [9.17, 15) is 0 Å². The van der Waals surface area contributed by atoms with Crippen molar-refractivity contribution in [1.82, 2.24) is 5.16 Å². The van der Waals surface area contributed by atoms with Crippen LogP contribution in [0.15, 0.2) is 22.7 Å². The van der Waals surface area contributed by atoms with Crippen molar-refractivity contribution in [2.24, 2.45) is 0 Å². The lowest BCUT2D eigenvalue weighted by Crippen LogP contribution is -1.77. The number of hydrogen-bond acceptors (Lipinski definition) is 2. The number of halogens is 1. The lowest BCUT2D eigenvalue weighted by molar-refractivity contribution is 0.447. The first kappa shape index (κ1) is 7.62. The molecule has 1 heterocycles. The maximum Gasteiger partial charge on any atom is 0.168 e. The van der Waals surface area contributed by atoms with E-state index in [2.05, 4.69) is 5.16 Å². The Morgan fingerprint density at radius 1 is 1.50 bits per heavy atom. The van der Waals surface area contributed by atoms with Crippen LogP contribution in [0.25, 0.3) is 11.0 Å². The van der Waals surface area contributed by atoms with Gasteiger partial charge in [-0.3, -0.25) is 0 Å². The molecule has 0 N–H and O–H groups in total. The zero-order valence-electron chi connectivity index (χ0n) is 6.67. The molecule has 0 fully saturated rings. The summed E-state index contributed by atoms with van der Waals surface area (Å²) in [6, 6.07) is 5.57. The van der Waals surface area contributed by atoms with Crippen LogP contribution in [0.5, 0.6) is 0 Å². The fraction of sp³-hybridized carbons (Fsp3) is 0.222. The third-order valence-electron chi connectivity index (χ3n) is 1.84. The molecule has 1 aromatic heterocycles. The molecule has 2 nitrogen and oxygen atoms in total. The van der Waals surface area contributed by atoms with Gasteiger partial charge >= 0.3 is 0 Å². The molecule has 12 heavy (non-hydrogen) atoms. The number of hydrogen-bond donors (Lipinski definition) is 0. The minimum absolute atomic E-state index is 0.682. The van der Waals surface area contributed by atoms with E-state index in [0.717, 1.165) is 23.1 Å². The lowest BCUT2D eigenvalue weighted by Gasteiger charge is -1.89. The largest absolute Gasteiger partial charge is 0.356 e. The van der Waals surface area contributed by atoms with Crippen molar-refractivity contribution in [3.8, 4) is 0 Å². The highest BCUT2D eigenvalue weighted by molar-refractivity contribution is 6.31. The first-order valence-corrected chi connectivity index (χ1v) is 4.23. The average Bonchev–Trinajstić information content (AvgIpc) is 2.46. The highest BCUT2D eigenvalue weighted by Gasteiger charge is 2.05. The van der Waals surface area contributed by atoms with Crippen molar-refractivity contribution < 1.29 is 4.52 Å². The van der Waals surface area contributed by atoms with Gasteiger partial charge in [0.25, 0.3) is 0 Å². The Morgan fingerprint density at radius 2 is 2.33 bits per heavy atom. The molecule has 0 bridgehead atoms. The Hall–Kier alpha value is -1.02. The molecule has 0 aliphatic rings. The SMILES string of the molecule is CCc1noc2cc(Cl)ccc12. The molecule has 0 saturated carbocycles. The summed E-state index contributed by atoms with van der Waals surface area (Å²) in [5.41, 5.74) is 1.75. The van der Waals surface area contributed by atoms with E-state index in [1.165, 1.54) is 0 Å². The Kier molecular flexibility index (Phi) is 1.77. The van der Waals surface area contributed by atoms with Gasteiger partial charge in [0.05, 0.1) is 5.69 Å². The summed E-state index contributed by atoms with van der Waals surface area (Å²) in [5, 5.41) is 5.66. The zero-order valence-corrected chi connectivity index (χ0v) is 7.43. The molecule has 2 rings (SSSR count). The van der Waals surface area contributed by atoms with Crippen LogP contribution in [0, 0.1) is 0 Å². The van der Waals surface area contributed by atoms with E-state index in [1.807, 2.05) is 19.1 Å². The first-order chi connectivity index (χ1) is 5.81.